The van der Waals surface area contributed by atoms with Crippen LogP contribution >= 0.6 is 0 Å². The molecule has 0 radical (unpaired) electrons. The van der Waals surface area contributed by atoms with E-state index in [0.717, 1.165) is 0 Å². The van der Waals surface area contributed by atoms with Gasteiger partial charge in [-0.05, 0) is 24.5 Å². The van der Waals surface area contributed by atoms with E-state index >= 15 is 0 Å². The maximum Gasteiger partial charge on any atom is 0.181 e. The zero-order valence-corrected chi connectivity index (χ0v) is 7.68. The van der Waals surface area contributed by atoms with Gasteiger partial charge < -0.3 is 4.98 Å². The molecule has 0 spiro atoms. The summed E-state index contributed by atoms with van der Waals surface area (Å²) in [5.74, 6) is 1.54. The molecule has 2 aromatic rings. The first-order valence-corrected chi connectivity index (χ1v) is 3.97. The van der Waals surface area contributed by atoms with E-state index in [0.29, 0.717) is 22.8 Å². The molecule has 0 fully saturated rings. The van der Waals surface area contributed by atoms with Gasteiger partial charge in [-0.15, -0.1) is 0 Å². The second kappa shape index (κ2) is 2.97. The number of hydrogen-bond acceptors (Lipinski definition) is 4. The molecule has 0 aliphatic heterocycles. The Labute approximate surface area is 78.8 Å². The molecule has 0 unspecified atom stereocenters. The second-order valence-corrected chi connectivity index (χ2v) is 2.80. The van der Waals surface area contributed by atoms with Gasteiger partial charge in [-0.25, -0.2) is 15.0 Å². The number of aryl methyl sites for hydroxylation is 2. The van der Waals surface area contributed by atoms with Crippen LogP contribution in [-0.2, 0) is 0 Å². The molecule has 2 rings (SSSR count). The Balaban J connectivity index is 2.85. The van der Waals surface area contributed by atoms with Gasteiger partial charge in [0, 0.05) is 4.91 Å². The topological polar surface area (TPSA) is 103 Å². The predicted octanol–water partition coefficient (Wildman–Crippen LogP) is 1.91. The van der Waals surface area contributed by atoms with E-state index in [9.17, 15) is 0 Å². The molecule has 0 aliphatic rings. The fraction of sp³-hybridized carbons (Fsp3) is 0.286. The second-order valence-electron chi connectivity index (χ2n) is 2.80. The van der Waals surface area contributed by atoms with E-state index < -0.39 is 0 Å². The van der Waals surface area contributed by atoms with Gasteiger partial charge in [-0.2, -0.15) is 0 Å². The smallest absolute Gasteiger partial charge is 0.181 e. The number of hydrogen-bond donors (Lipinski definition) is 1. The molecule has 0 atom stereocenters. The van der Waals surface area contributed by atoms with Gasteiger partial charge in [-0.1, -0.05) is 0 Å². The standard InChI is InChI=1S/C7H7N7/c1-3-9-5-6(10-3)11-4(2)12-7(5)13-14-8/h1-2H3,(H,9,10,11,12). The monoisotopic (exact) mass is 189 g/mol. The molecule has 0 saturated heterocycles. The SMILES string of the molecule is Cc1nc(N=[N+]=[N-])c2[nH]c(C)nc2n1. The van der Waals surface area contributed by atoms with Gasteiger partial charge in [-0.3, -0.25) is 0 Å². The molecule has 0 saturated carbocycles. The number of azide groups is 1. The lowest BCUT2D eigenvalue weighted by Crippen LogP contribution is -1.88. The van der Waals surface area contributed by atoms with Gasteiger partial charge in [0.05, 0.1) is 0 Å². The van der Waals surface area contributed by atoms with Gasteiger partial charge in [0.2, 0.25) is 0 Å². The Morgan fingerprint density at radius 3 is 2.79 bits per heavy atom. The maximum atomic E-state index is 8.34. The molecule has 0 aromatic carbocycles. The fourth-order valence-electron chi connectivity index (χ4n) is 1.22. The van der Waals surface area contributed by atoms with Gasteiger partial charge in [0.1, 0.15) is 17.2 Å². The highest BCUT2D eigenvalue weighted by Crippen LogP contribution is 2.20. The lowest BCUT2D eigenvalue weighted by atomic mass is 10.5. The van der Waals surface area contributed by atoms with Crippen LogP contribution in [0.15, 0.2) is 5.11 Å². The van der Waals surface area contributed by atoms with Crippen LogP contribution in [0.3, 0.4) is 0 Å². The Bertz CT molecular complexity index is 534. The molecule has 0 bridgehead atoms. The van der Waals surface area contributed by atoms with Crippen molar-refractivity contribution >= 4 is 17.0 Å². The van der Waals surface area contributed by atoms with E-state index in [1.165, 1.54) is 0 Å². The summed E-state index contributed by atoms with van der Waals surface area (Å²) in [7, 11) is 0. The molecule has 0 amide bonds. The van der Waals surface area contributed by atoms with Crippen molar-refractivity contribution in [2.24, 2.45) is 5.11 Å². The predicted molar refractivity (Wildman–Crippen MR) is 50.0 cm³/mol. The first-order chi connectivity index (χ1) is 6.70. The molecular formula is C7H7N7. The van der Waals surface area contributed by atoms with E-state index in [-0.39, 0.29) is 5.82 Å². The van der Waals surface area contributed by atoms with Crippen molar-refractivity contribution < 1.29 is 0 Å². The van der Waals surface area contributed by atoms with Crippen molar-refractivity contribution in [2.45, 2.75) is 13.8 Å². The molecule has 2 heterocycles. The van der Waals surface area contributed by atoms with Crippen LogP contribution in [0.1, 0.15) is 11.6 Å². The van der Waals surface area contributed by atoms with Gasteiger partial charge in [0.25, 0.3) is 0 Å². The summed E-state index contributed by atoms with van der Waals surface area (Å²) in [6.07, 6.45) is 0. The van der Waals surface area contributed by atoms with Crippen molar-refractivity contribution in [3.63, 3.8) is 0 Å². The fourth-order valence-corrected chi connectivity index (χ4v) is 1.22. The lowest BCUT2D eigenvalue weighted by Gasteiger charge is -1.94. The first-order valence-electron chi connectivity index (χ1n) is 3.97. The van der Waals surface area contributed by atoms with Crippen LogP contribution in [0.5, 0.6) is 0 Å². The third-order valence-electron chi connectivity index (χ3n) is 1.70. The molecule has 0 aliphatic carbocycles. The molecule has 1 N–H and O–H groups in total. The Morgan fingerprint density at radius 1 is 1.29 bits per heavy atom. The van der Waals surface area contributed by atoms with Crippen LogP contribution in [0, 0.1) is 13.8 Å². The van der Waals surface area contributed by atoms with Gasteiger partial charge in [0.15, 0.2) is 11.5 Å². The normalized spacial score (nSPS) is 10.1. The Kier molecular flexibility index (Phi) is 1.79. The average Bonchev–Trinajstić information content (AvgIpc) is 2.45. The van der Waals surface area contributed by atoms with E-state index in [4.69, 9.17) is 5.53 Å². The van der Waals surface area contributed by atoms with Crippen molar-refractivity contribution in [3.05, 3.63) is 22.1 Å². The van der Waals surface area contributed by atoms with E-state index in [1.807, 2.05) is 0 Å². The molecule has 7 nitrogen and oxygen atoms in total. The minimum absolute atomic E-state index is 0.288. The molecule has 2 aromatic heterocycles. The van der Waals surface area contributed by atoms with Crippen molar-refractivity contribution in [3.8, 4) is 0 Å². The minimum atomic E-state index is 0.288. The minimum Gasteiger partial charge on any atom is -0.339 e. The van der Waals surface area contributed by atoms with Gasteiger partial charge >= 0.3 is 0 Å². The molecular weight excluding hydrogens is 182 g/mol. The highest BCUT2D eigenvalue weighted by molar-refractivity contribution is 5.80. The molecule has 70 valence electrons. The van der Waals surface area contributed by atoms with Crippen molar-refractivity contribution in [1.29, 1.82) is 0 Å². The van der Waals surface area contributed by atoms with Crippen LogP contribution in [0.4, 0.5) is 5.82 Å². The summed E-state index contributed by atoms with van der Waals surface area (Å²) in [6, 6.07) is 0. The van der Waals surface area contributed by atoms with Crippen LogP contribution < -0.4 is 0 Å². The number of H-pyrrole nitrogens is 1. The lowest BCUT2D eigenvalue weighted by molar-refractivity contribution is 1.07. The van der Waals surface area contributed by atoms with Crippen molar-refractivity contribution in [1.82, 2.24) is 19.9 Å². The van der Waals surface area contributed by atoms with Crippen molar-refractivity contribution in [2.75, 3.05) is 0 Å². The molecule has 14 heavy (non-hydrogen) atoms. The quantitative estimate of drug-likeness (QED) is 0.420. The largest absolute Gasteiger partial charge is 0.339 e. The number of aromatic nitrogens is 4. The number of rotatable bonds is 1. The number of fused-ring (bicyclic) bond motifs is 1. The number of nitrogens with one attached hydrogen (secondary N) is 1. The van der Waals surface area contributed by atoms with Crippen LogP contribution in [0.25, 0.3) is 21.6 Å². The van der Waals surface area contributed by atoms with E-state index in [1.54, 1.807) is 13.8 Å². The summed E-state index contributed by atoms with van der Waals surface area (Å²) in [4.78, 5) is 17.9. The highest BCUT2D eigenvalue weighted by atomic mass is 15.2. The third-order valence-corrected chi connectivity index (χ3v) is 1.70. The number of aromatic amines is 1. The van der Waals surface area contributed by atoms with Crippen LogP contribution in [-0.4, -0.2) is 19.9 Å². The Hall–Kier alpha value is -2.14. The third kappa shape index (κ3) is 1.25. The van der Waals surface area contributed by atoms with Crippen LogP contribution in [0.2, 0.25) is 0 Å². The molecule has 7 heteroatoms. The summed E-state index contributed by atoms with van der Waals surface area (Å²) in [5.41, 5.74) is 9.44. The highest BCUT2D eigenvalue weighted by Gasteiger charge is 2.07. The average molecular weight is 189 g/mol. The zero-order valence-electron chi connectivity index (χ0n) is 7.68. The summed E-state index contributed by atoms with van der Waals surface area (Å²) in [6.45, 7) is 3.52. The summed E-state index contributed by atoms with van der Waals surface area (Å²) in [5, 5.41) is 3.47. The number of imidazole rings is 1. The maximum absolute atomic E-state index is 8.34. The summed E-state index contributed by atoms with van der Waals surface area (Å²) < 4.78 is 0. The Morgan fingerprint density at radius 2 is 2.07 bits per heavy atom. The number of nitrogens with zero attached hydrogens (tertiary/aromatic N) is 6. The zero-order chi connectivity index (χ0) is 10.1. The first kappa shape index (κ1) is 8.46. The summed E-state index contributed by atoms with van der Waals surface area (Å²) >= 11 is 0. The van der Waals surface area contributed by atoms with E-state index in [2.05, 4.69) is 30.0 Å².